The van der Waals surface area contributed by atoms with Crippen LogP contribution in [-0.4, -0.2) is 49.2 Å². The third kappa shape index (κ3) is 5.43. The van der Waals surface area contributed by atoms with Gasteiger partial charge in [-0.05, 0) is 38.4 Å². The van der Waals surface area contributed by atoms with Crippen LogP contribution < -0.4 is 15.4 Å². The fourth-order valence-corrected chi connectivity index (χ4v) is 2.55. The molecule has 140 valence electrons. The van der Waals surface area contributed by atoms with Crippen molar-refractivity contribution in [1.29, 1.82) is 0 Å². The molecule has 0 bridgehead atoms. The summed E-state index contributed by atoms with van der Waals surface area (Å²) in [5.41, 5.74) is 1.92. The van der Waals surface area contributed by atoms with E-state index in [1.165, 1.54) is 0 Å². The van der Waals surface area contributed by atoms with Crippen LogP contribution in [0.2, 0.25) is 0 Å². The molecule has 0 aliphatic carbocycles. The lowest BCUT2D eigenvalue weighted by molar-refractivity contribution is 0.415. The summed E-state index contributed by atoms with van der Waals surface area (Å²) >= 11 is 0. The molecule has 27 heavy (non-hydrogen) atoms. The Bertz CT molecular complexity index is 850. The van der Waals surface area contributed by atoms with E-state index in [9.17, 15) is 0 Å². The molecule has 6 heteroatoms. The van der Waals surface area contributed by atoms with Crippen molar-refractivity contribution in [2.24, 2.45) is 0 Å². The Morgan fingerprint density at radius 3 is 2.30 bits per heavy atom. The fourth-order valence-electron chi connectivity index (χ4n) is 2.55. The molecule has 0 saturated carbocycles. The molecular formula is C21H25N5O. The van der Waals surface area contributed by atoms with Gasteiger partial charge in [-0.25, -0.2) is 9.97 Å². The van der Waals surface area contributed by atoms with E-state index >= 15 is 0 Å². The van der Waals surface area contributed by atoms with Gasteiger partial charge in [0.15, 0.2) is 5.82 Å². The average Bonchev–Trinajstić information content (AvgIpc) is 2.69. The van der Waals surface area contributed by atoms with Crippen molar-refractivity contribution in [1.82, 2.24) is 14.9 Å². The van der Waals surface area contributed by atoms with Crippen LogP contribution in [0.3, 0.4) is 0 Å². The molecule has 0 fully saturated rings. The molecule has 0 aliphatic rings. The highest BCUT2D eigenvalue weighted by molar-refractivity contribution is 5.65. The number of aromatic nitrogens is 2. The molecule has 0 amide bonds. The summed E-state index contributed by atoms with van der Waals surface area (Å²) in [6, 6.07) is 19.7. The van der Waals surface area contributed by atoms with Gasteiger partial charge in [0.2, 0.25) is 0 Å². The average molecular weight is 363 g/mol. The van der Waals surface area contributed by atoms with Gasteiger partial charge in [-0.15, -0.1) is 0 Å². The Morgan fingerprint density at radius 2 is 1.63 bits per heavy atom. The van der Waals surface area contributed by atoms with Crippen molar-refractivity contribution in [3.8, 4) is 17.1 Å². The van der Waals surface area contributed by atoms with E-state index in [2.05, 4.69) is 25.5 Å². The molecule has 2 aromatic carbocycles. The Kier molecular flexibility index (Phi) is 6.22. The summed E-state index contributed by atoms with van der Waals surface area (Å²) in [5, 5.41) is 6.73. The maximum Gasteiger partial charge on any atom is 0.163 e. The van der Waals surface area contributed by atoms with Crippen LogP contribution in [0.1, 0.15) is 0 Å². The predicted octanol–water partition coefficient (Wildman–Crippen LogP) is 3.87. The molecular weight excluding hydrogens is 338 g/mol. The molecule has 0 saturated heterocycles. The van der Waals surface area contributed by atoms with E-state index in [-0.39, 0.29) is 0 Å². The normalized spacial score (nSPS) is 10.7. The van der Waals surface area contributed by atoms with Crippen molar-refractivity contribution in [2.75, 3.05) is 44.9 Å². The lowest BCUT2D eigenvalue weighted by Crippen LogP contribution is -2.21. The van der Waals surface area contributed by atoms with Gasteiger partial charge >= 0.3 is 0 Å². The van der Waals surface area contributed by atoms with E-state index in [0.717, 1.165) is 41.7 Å². The van der Waals surface area contributed by atoms with Crippen LogP contribution in [0.25, 0.3) is 11.4 Å². The number of nitrogens with one attached hydrogen (secondary N) is 2. The highest BCUT2D eigenvalue weighted by Gasteiger charge is 2.08. The standard InChI is InChI=1S/C21H25N5O/c1-26(2)14-13-22-19-15-20(23-17-9-11-18(27-3)12-10-17)25-21(24-19)16-7-5-4-6-8-16/h4-12,15H,13-14H2,1-3H3,(H2,22,23,24,25). The zero-order valence-corrected chi connectivity index (χ0v) is 15.9. The second kappa shape index (κ2) is 9.00. The van der Waals surface area contributed by atoms with Gasteiger partial charge in [-0.3, -0.25) is 0 Å². The van der Waals surface area contributed by atoms with Gasteiger partial charge in [0, 0.05) is 30.4 Å². The molecule has 0 unspecified atom stereocenters. The maximum absolute atomic E-state index is 5.21. The summed E-state index contributed by atoms with van der Waals surface area (Å²) < 4.78 is 5.21. The first-order valence-electron chi connectivity index (χ1n) is 8.88. The minimum Gasteiger partial charge on any atom is -0.497 e. The fraction of sp³-hybridized carbons (Fsp3) is 0.238. The number of anilines is 3. The molecule has 0 spiro atoms. The topological polar surface area (TPSA) is 62.3 Å². The molecule has 1 aromatic heterocycles. The SMILES string of the molecule is COc1ccc(Nc2cc(NCCN(C)C)nc(-c3ccccc3)n2)cc1. The largest absolute Gasteiger partial charge is 0.497 e. The van der Waals surface area contributed by atoms with Crippen molar-refractivity contribution < 1.29 is 4.74 Å². The zero-order chi connectivity index (χ0) is 19.1. The van der Waals surface area contributed by atoms with Crippen LogP contribution in [-0.2, 0) is 0 Å². The number of ether oxygens (including phenoxy) is 1. The van der Waals surface area contributed by atoms with Crippen molar-refractivity contribution >= 4 is 17.3 Å². The van der Waals surface area contributed by atoms with Crippen molar-refractivity contribution in [2.45, 2.75) is 0 Å². The van der Waals surface area contributed by atoms with E-state index in [4.69, 9.17) is 4.74 Å². The Hall–Kier alpha value is -3.12. The summed E-state index contributed by atoms with van der Waals surface area (Å²) in [5.74, 6) is 3.03. The Morgan fingerprint density at radius 1 is 0.926 bits per heavy atom. The molecule has 0 aliphatic heterocycles. The highest BCUT2D eigenvalue weighted by Crippen LogP contribution is 2.23. The molecule has 3 rings (SSSR count). The smallest absolute Gasteiger partial charge is 0.163 e. The number of likely N-dealkylation sites (N-methyl/N-ethyl adjacent to an activating group) is 1. The number of methoxy groups -OCH3 is 1. The van der Waals surface area contributed by atoms with Gasteiger partial charge in [-0.2, -0.15) is 0 Å². The first kappa shape index (κ1) is 18.7. The van der Waals surface area contributed by atoms with Gasteiger partial charge in [0.05, 0.1) is 7.11 Å². The molecule has 0 atom stereocenters. The van der Waals surface area contributed by atoms with Gasteiger partial charge in [0.25, 0.3) is 0 Å². The van der Waals surface area contributed by atoms with E-state index in [1.807, 2.05) is 74.8 Å². The van der Waals surface area contributed by atoms with Crippen LogP contribution in [0.4, 0.5) is 17.3 Å². The first-order chi connectivity index (χ1) is 13.1. The number of hydrogen-bond acceptors (Lipinski definition) is 6. The van der Waals surface area contributed by atoms with Gasteiger partial charge < -0.3 is 20.3 Å². The third-order valence-electron chi connectivity index (χ3n) is 3.99. The maximum atomic E-state index is 5.21. The summed E-state index contributed by atoms with van der Waals surface area (Å²) in [4.78, 5) is 11.5. The van der Waals surface area contributed by atoms with Crippen molar-refractivity contribution in [3.05, 3.63) is 60.7 Å². The van der Waals surface area contributed by atoms with Crippen molar-refractivity contribution in [3.63, 3.8) is 0 Å². The number of nitrogens with zero attached hydrogens (tertiary/aromatic N) is 3. The summed E-state index contributed by atoms with van der Waals surface area (Å²) in [7, 11) is 5.76. The minimum absolute atomic E-state index is 0.682. The molecule has 0 radical (unpaired) electrons. The molecule has 1 heterocycles. The first-order valence-corrected chi connectivity index (χ1v) is 8.88. The lowest BCUT2D eigenvalue weighted by atomic mass is 10.2. The molecule has 2 N–H and O–H groups in total. The molecule has 6 nitrogen and oxygen atoms in total. The van der Waals surface area contributed by atoms with Crippen LogP contribution in [0.15, 0.2) is 60.7 Å². The van der Waals surface area contributed by atoms with E-state index in [1.54, 1.807) is 7.11 Å². The molecule has 3 aromatic rings. The number of hydrogen-bond donors (Lipinski definition) is 2. The van der Waals surface area contributed by atoms with E-state index in [0.29, 0.717) is 5.82 Å². The second-order valence-electron chi connectivity index (χ2n) is 6.41. The monoisotopic (exact) mass is 363 g/mol. The van der Waals surface area contributed by atoms with Crippen LogP contribution in [0.5, 0.6) is 5.75 Å². The Labute approximate surface area is 160 Å². The van der Waals surface area contributed by atoms with Gasteiger partial charge in [0.1, 0.15) is 17.4 Å². The number of benzene rings is 2. The van der Waals surface area contributed by atoms with E-state index < -0.39 is 0 Å². The van der Waals surface area contributed by atoms with Crippen LogP contribution in [0, 0.1) is 0 Å². The Balaban J connectivity index is 1.86. The second-order valence-corrected chi connectivity index (χ2v) is 6.41. The van der Waals surface area contributed by atoms with Gasteiger partial charge in [-0.1, -0.05) is 30.3 Å². The van der Waals surface area contributed by atoms with Crippen LogP contribution >= 0.6 is 0 Å². The highest BCUT2D eigenvalue weighted by atomic mass is 16.5. The minimum atomic E-state index is 0.682. The number of rotatable bonds is 8. The lowest BCUT2D eigenvalue weighted by Gasteiger charge is -2.14. The summed E-state index contributed by atoms with van der Waals surface area (Å²) in [6.45, 7) is 1.73. The quantitative estimate of drug-likeness (QED) is 0.633. The zero-order valence-electron chi connectivity index (χ0n) is 15.9. The predicted molar refractivity (Wildman–Crippen MR) is 111 cm³/mol. The summed E-state index contributed by atoms with van der Waals surface area (Å²) in [6.07, 6.45) is 0. The third-order valence-corrected chi connectivity index (χ3v) is 3.99.